The van der Waals surface area contributed by atoms with Gasteiger partial charge in [-0.1, -0.05) is 62.2 Å². The number of methoxy groups -OCH3 is 1. The fourth-order valence-electron chi connectivity index (χ4n) is 2.62. The second-order valence-electron chi connectivity index (χ2n) is 6.65. The number of carbonyl (C=O) groups excluding carboxylic acids is 1. The van der Waals surface area contributed by atoms with Crippen LogP contribution in [0.1, 0.15) is 31.4 Å². The Morgan fingerprint density at radius 3 is 2.50 bits per heavy atom. The van der Waals surface area contributed by atoms with Gasteiger partial charge in [0.05, 0.1) is 12.1 Å². The molecule has 30 heavy (non-hydrogen) atoms. The summed E-state index contributed by atoms with van der Waals surface area (Å²) >= 11 is 6.28. The number of rotatable bonds is 9. The lowest BCUT2D eigenvalue weighted by molar-refractivity contribution is -0.139. The molecule has 6 nitrogen and oxygen atoms in total. The molecule has 7 heteroatoms. The number of ether oxygens (including phenoxy) is 2. The minimum atomic E-state index is -0.991. The van der Waals surface area contributed by atoms with Gasteiger partial charge < -0.3 is 14.6 Å². The van der Waals surface area contributed by atoms with Gasteiger partial charge in [0, 0.05) is 12.3 Å². The number of hydrogen-bond donors (Lipinski definition) is 1. The summed E-state index contributed by atoms with van der Waals surface area (Å²) in [7, 11) is 1.42. The normalized spacial score (nSPS) is 13.3. The molecule has 2 aromatic carbocycles. The zero-order valence-corrected chi connectivity index (χ0v) is 17.8. The number of aliphatic imine (C=N–C) groups is 1. The van der Waals surface area contributed by atoms with Gasteiger partial charge in [0.2, 0.25) is 0 Å². The van der Waals surface area contributed by atoms with Gasteiger partial charge in [0.1, 0.15) is 6.04 Å². The number of hydrogen-bond acceptors (Lipinski definition) is 5. The summed E-state index contributed by atoms with van der Waals surface area (Å²) in [5.41, 5.74) is 1.39. The number of carboxylic acid groups (broad SMARTS) is 1. The minimum Gasteiger partial charge on any atom is -0.493 e. The molecule has 0 amide bonds. The van der Waals surface area contributed by atoms with Crippen LogP contribution in [0.25, 0.3) is 6.08 Å². The van der Waals surface area contributed by atoms with Crippen LogP contribution in [0.15, 0.2) is 53.5 Å². The van der Waals surface area contributed by atoms with E-state index in [-0.39, 0.29) is 22.4 Å². The highest BCUT2D eigenvalue weighted by Gasteiger charge is 2.22. The molecule has 2 unspecified atom stereocenters. The first-order chi connectivity index (χ1) is 14.3. The van der Waals surface area contributed by atoms with Crippen LogP contribution in [0.4, 0.5) is 0 Å². The molecule has 0 saturated carbocycles. The fourth-order valence-corrected chi connectivity index (χ4v) is 2.88. The molecule has 0 aliphatic heterocycles. The van der Waals surface area contributed by atoms with Crippen LogP contribution in [0.3, 0.4) is 0 Å². The maximum atomic E-state index is 12.2. The van der Waals surface area contributed by atoms with Crippen LogP contribution < -0.4 is 9.47 Å². The van der Waals surface area contributed by atoms with Gasteiger partial charge in [0.15, 0.2) is 11.5 Å². The topological polar surface area (TPSA) is 85.2 Å². The molecule has 0 saturated heterocycles. The first-order valence-corrected chi connectivity index (χ1v) is 9.82. The molecular weight excluding hydrogens is 406 g/mol. The van der Waals surface area contributed by atoms with Gasteiger partial charge in [0.25, 0.3) is 0 Å². The zero-order valence-electron chi connectivity index (χ0n) is 17.0. The highest BCUT2D eigenvalue weighted by atomic mass is 35.5. The van der Waals surface area contributed by atoms with E-state index in [4.69, 9.17) is 21.1 Å². The van der Waals surface area contributed by atoms with Crippen molar-refractivity contribution < 1.29 is 24.2 Å². The number of carboxylic acids is 1. The zero-order chi connectivity index (χ0) is 22.1. The largest absolute Gasteiger partial charge is 0.493 e. The fraction of sp³-hybridized carbons (Fsp3) is 0.261. The smallest absolute Gasteiger partial charge is 0.336 e. The number of carbonyl (C=O) groups is 2. The lowest BCUT2D eigenvalue weighted by Crippen LogP contribution is -2.25. The summed E-state index contributed by atoms with van der Waals surface area (Å²) in [6.07, 6.45) is 5.04. The van der Waals surface area contributed by atoms with Gasteiger partial charge >= 0.3 is 11.9 Å². The Hall–Kier alpha value is -3.12. The summed E-state index contributed by atoms with van der Waals surface area (Å²) in [4.78, 5) is 27.8. The van der Waals surface area contributed by atoms with Crippen molar-refractivity contribution in [2.24, 2.45) is 10.9 Å². The summed E-state index contributed by atoms with van der Waals surface area (Å²) < 4.78 is 10.6. The molecule has 2 rings (SSSR count). The molecule has 1 N–H and O–H groups in total. The molecule has 0 bridgehead atoms. The monoisotopic (exact) mass is 429 g/mol. The molecule has 158 valence electrons. The van der Waals surface area contributed by atoms with Crippen molar-refractivity contribution in [3.8, 4) is 11.5 Å². The highest BCUT2D eigenvalue weighted by molar-refractivity contribution is 6.32. The lowest BCUT2D eigenvalue weighted by atomic mass is 10.00. The van der Waals surface area contributed by atoms with Crippen molar-refractivity contribution >= 4 is 35.8 Å². The van der Waals surface area contributed by atoms with Crippen molar-refractivity contribution in [3.05, 3.63) is 64.7 Å². The number of aliphatic carboxylic acids is 1. The third-order valence-corrected chi connectivity index (χ3v) is 4.77. The van der Waals surface area contributed by atoms with E-state index in [1.54, 1.807) is 12.1 Å². The Morgan fingerprint density at radius 1 is 1.20 bits per heavy atom. The molecule has 0 radical (unpaired) electrons. The van der Waals surface area contributed by atoms with E-state index < -0.39 is 18.0 Å². The lowest BCUT2D eigenvalue weighted by Gasteiger charge is -2.14. The first-order valence-electron chi connectivity index (χ1n) is 9.44. The Labute approximate surface area is 180 Å². The van der Waals surface area contributed by atoms with Gasteiger partial charge in [-0.15, -0.1) is 0 Å². The third-order valence-electron chi connectivity index (χ3n) is 4.49. The van der Waals surface area contributed by atoms with E-state index in [0.717, 1.165) is 5.56 Å². The second kappa shape index (κ2) is 11.2. The third kappa shape index (κ3) is 6.46. The van der Waals surface area contributed by atoms with Crippen LogP contribution in [-0.4, -0.2) is 36.4 Å². The van der Waals surface area contributed by atoms with Crippen molar-refractivity contribution in [2.45, 2.75) is 26.3 Å². The number of nitrogens with zero attached hydrogens (tertiary/aromatic N) is 1. The summed E-state index contributed by atoms with van der Waals surface area (Å²) in [6, 6.07) is 11.6. The molecule has 0 spiro atoms. The summed E-state index contributed by atoms with van der Waals surface area (Å²) in [5, 5.41) is 9.50. The maximum Gasteiger partial charge on any atom is 0.336 e. The molecular formula is C23H24ClNO5. The van der Waals surface area contributed by atoms with Crippen LogP contribution in [0, 0.1) is 5.92 Å². The minimum absolute atomic E-state index is 0.0794. The van der Waals surface area contributed by atoms with E-state index in [9.17, 15) is 14.7 Å². The number of esters is 1. The predicted octanol–water partition coefficient (Wildman–Crippen LogP) is 4.89. The number of benzene rings is 2. The first kappa shape index (κ1) is 23.2. The quantitative estimate of drug-likeness (QED) is 0.265. The molecule has 0 aromatic heterocycles. The van der Waals surface area contributed by atoms with Crippen molar-refractivity contribution in [1.82, 2.24) is 0 Å². The van der Waals surface area contributed by atoms with Gasteiger partial charge in [-0.05, 0) is 35.3 Å². The number of halogens is 1. The van der Waals surface area contributed by atoms with Gasteiger partial charge in [-0.2, -0.15) is 0 Å². The second-order valence-corrected chi connectivity index (χ2v) is 7.05. The molecule has 2 atom stereocenters. The molecule has 0 aliphatic rings. The van der Waals surface area contributed by atoms with Gasteiger partial charge in [-0.25, -0.2) is 9.59 Å². The van der Waals surface area contributed by atoms with Crippen molar-refractivity contribution in [2.75, 3.05) is 7.11 Å². The maximum absolute atomic E-state index is 12.2. The van der Waals surface area contributed by atoms with E-state index in [2.05, 4.69) is 4.99 Å². The Kier molecular flexibility index (Phi) is 8.62. The Bertz CT molecular complexity index is 940. The van der Waals surface area contributed by atoms with Crippen LogP contribution in [0.2, 0.25) is 5.02 Å². The van der Waals surface area contributed by atoms with E-state index in [0.29, 0.717) is 12.0 Å². The van der Waals surface area contributed by atoms with Crippen LogP contribution >= 0.6 is 11.6 Å². The average molecular weight is 430 g/mol. The standard InChI is InChI=1S/C23H24ClNO5/c1-4-15(2)21(23(27)28)25-14-17-12-18(24)22(19(13-17)29-3)30-20(26)11-10-16-8-6-5-7-9-16/h5-15,21H,4H2,1-3H3,(H,27,28)/b11-10?,25-14+. The molecule has 0 fully saturated rings. The highest BCUT2D eigenvalue weighted by Crippen LogP contribution is 2.36. The average Bonchev–Trinajstić information content (AvgIpc) is 2.74. The predicted molar refractivity (Wildman–Crippen MR) is 118 cm³/mol. The summed E-state index contributed by atoms with van der Waals surface area (Å²) in [6.45, 7) is 3.74. The van der Waals surface area contributed by atoms with Crippen molar-refractivity contribution in [1.29, 1.82) is 0 Å². The van der Waals surface area contributed by atoms with Gasteiger partial charge in [-0.3, -0.25) is 4.99 Å². The van der Waals surface area contributed by atoms with E-state index >= 15 is 0 Å². The Morgan fingerprint density at radius 2 is 1.90 bits per heavy atom. The molecule has 2 aromatic rings. The van der Waals surface area contributed by atoms with Crippen molar-refractivity contribution in [3.63, 3.8) is 0 Å². The summed E-state index contributed by atoms with van der Waals surface area (Å²) in [5.74, 6) is -1.40. The van der Waals surface area contributed by atoms with Crippen LogP contribution in [0.5, 0.6) is 11.5 Å². The SMILES string of the molecule is CCC(C)C(/N=C/c1cc(Cl)c(OC(=O)C=Cc2ccccc2)c(OC)c1)C(=O)O. The van der Waals surface area contributed by atoms with E-state index in [1.807, 2.05) is 44.2 Å². The van der Waals surface area contributed by atoms with E-state index in [1.165, 1.54) is 25.5 Å². The van der Waals surface area contributed by atoms with Crippen LogP contribution in [-0.2, 0) is 9.59 Å². The Balaban J connectivity index is 2.21. The molecule has 0 heterocycles. The molecule has 0 aliphatic carbocycles.